The molecule has 3 N–H and O–H groups in total. The summed E-state index contributed by atoms with van der Waals surface area (Å²) in [5, 5.41) is 3.13. The van der Waals surface area contributed by atoms with Crippen LogP contribution < -0.4 is 11.1 Å². The maximum absolute atomic E-state index is 12.4. The molecule has 21 heavy (non-hydrogen) atoms. The van der Waals surface area contributed by atoms with E-state index in [9.17, 15) is 4.79 Å². The lowest BCUT2D eigenvalue weighted by Crippen LogP contribution is -2.64. The number of hydrogen-bond acceptors (Lipinski definition) is 3. The van der Waals surface area contributed by atoms with Crippen molar-refractivity contribution in [2.24, 2.45) is 5.41 Å². The molecule has 0 radical (unpaired) electrons. The monoisotopic (exact) mass is 312 g/mol. The van der Waals surface area contributed by atoms with E-state index in [0.29, 0.717) is 11.3 Å². The number of ether oxygens (including phenoxy) is 1. The maximum Gasteiger partial charge on any atom is 0.253 e. The number of para-hydroxylation sites is 1. The van der Waals surface area contributed by atoms with E-state index >= 15 is 0 Å². The zero-order valence-corrected chi connectivity index (χ0v) is 13.7. The van der Waals surface area contributed by atoms with Gasteiger partial charge in [-0.1, -0.05) is 26.0 Å². The number of carbonyl (C=O) groups excluding carboxylic acids is 1. The standard InChI is InChI=1S/C16H24N2O2.ClH/c1-4-16(5-2)13(10-14(16)20-3)18-15(19)11-8-6-7-9-12(11)17;/h6-9,13-14H,4-5,10,17H2,1-3H3,(H,18,19);1H. The Hall–Kier alpha value is -1.26. The molecule has 2 unspecified atom stereocenters. The van der Waals surface area contributed by atoms with Gasteiger partial charge in [-0.05, 0) is 31.4 Å². The van der Waals surface area contributed by atoms with Crippen molar-refractivity contribution in [2.75, 3.05) is 12.8 Å². The van der Waals surface area contributed by atoms with E-state index in [1.807, 2.05) is 12.1 Å². The third-order valence-electron chi connectivity index (χ3n) is 4.90. The van der Waals surface area contributed by atoms with Crippen LogP contribution in [0.2, 0.25) is 0 Å². The Morgan fingerprint density at radius 1 is 1.38 bits per heavy atom. The fraction of sp³-hybridized carbons (Fsp3) is 0.562. The van der Waals surface area contributed by atoms with Crippen LogP contribution in [-0.4, -0.2) is 25.2 Å². The molecule has 0 aliphatic heterocycles. The minimum Gasteiger partial charge on any atom is -0.398 e. The molecule has 0 heterocycles. The van der Waals surface area contributed by atoms with Gasteiger partial charge < -0.3 is 15.8 Å². The number of nitrogens with two attached hydrogens (primary N) is 1. The molecule has 118 valence electrons. The van der Waals surface area contributed by atoms with Gasteiger partial charge in [0.15, 0.2) is 0 Å². The van der Waals surface area contributed by atoms with Crippen molar-refractivity contribution in [1.29, 1.82) is 0 Å². The van der Waals surface area contributed by atoms with Gasteiger partial charge in [0.1, 0.15) is 0 Å². The van der Waals surface area contributed by atoms with Crippen LogP contribution in [0.3, 0.4) is 0 Å². The van der Waals surface area contributed by atoms with Gasteiger partial charge >= 0.3 is 0 Å². The molecule has 1 aliphatic carbocycles. The highest BCUT2D eigenvalue weighted by atomic mass is 35.5. The number of benzene rings is 1. The Labute approximate surface area is 132 Å². The topological polar surface area (TPSA) is 64.4 Å². The van der Waals surface area contributed by atoms with Crippen molar-refractivity contribution >= 4 is 24.0 Å². The van der Waals surface area contributed by atoms with Crippen LogP contribution in [0.1, 0.15) is 43.5 Å². The van der Waals surface area contributed by atoms with Crippen molar-refractivity contribution in [3.8, 4) is 0 Å². The molecule has 1 aromatic rings. The lowest BCUT2D eigenvalue weighted by atomic mass is 9.58. The lowest BCUT2D eigenvalue weighted by molar-refractivity contribution is -0.120. The second-order valence-electron chi connectivity index (χ2n) is 5.51. The summed E-state index contributed by atoms with van der Waals surface area (Å²) in [6, 6.07) is 7.34. The normalized spacial score (nSPS) is 22.8. The molecule has 1 fully saturated rings. The molecule has 0 spiro atoms. The van der Waals surface area contributed by atoms with Crippen molar-refractivity contribution in [2.45, 2.75) is 45.3 Å². The van der Waals surface area contributed by atoms with Crippen LogP contribution in [0, 0.1) is 5.41 Å². The lowest BCUT2D eigenvalue weighted by Gasteiger charge is -2.55. The Morgan fingerprint density at radius 2 is 2.00 bits per heavy atom. The quantitative estimate of drug-likeness (QED) is 0.821. The van der Waals surface area contributed by atoms with E-state index in [2.05, 4.69) is 19.2 Å². The van der Waals surface area contributed by atoms with Gasteiger partial charge in [0.2, 0.25) is 0 Å². The zero-order chi connectivity index (χ0) is 14.8. The molecule has 0 aromatic heterocycles. The molecule has 2 atom stereocenters. The Kier molecular flexibility index (Phi) is 6.05. The summed E-state index contributed by atoms with van der Waals surface area (Å²) in [6.45, 7) is 4.31. The number of hydrogen-bond donors (Lipinski definition) is 2. The smallest absolute Gasteiger partial charge is 0.253 e. The Morgan fingerprint density at radius 3 is 2.52 bits per heavy atom. The average Bonchev–Trinajstić information content (AvgIpc) is 2.44. The first-order chi connectivity index (χ1) is 9.58. The molecule has 1 aliphatic rings. The van der Waals surface area contributed by atoms with Crippen LogP contribution in [0.5, 0.6) is 0 Å². The molecular weight excluding hydrogens is 288 g/mol. The van der Waals surface area contributed by atoms with Gasteiger partial charge in [0.05, 0.1) is 11.7 Å². The Bertz CT molecular complexity index is 489. The number of rotatable bonds is 5. The molecule has 1 saturated carbocycles. The van der Waals surface area contributed by atoms with Gasteiger partial charge in [-0.3, -0.25) is 4.79 Å². The molecule has 4 nitrogen and oxygen atoms in total. The summed E-state index contributed by atoms with van der Waals surface area (Å²) in [5.41, 5.74) is 6.98. The SMILES string of the molecule is CCC1(CC)C(NC(=O)c2ccccc2N)CC1OC.Cl. The third-order valence-corrected chi connectivity index (χ3v) is 4.90. The first-order valence-electron chi connectivity index (χ1n) is 7.27. The highest BCUT2D eigenvalue weighted by molar-refractivity contribution is 5.99. The fourth-order valence-electron chi connectivity index (χ4n) is 3.42. The second kappa shape index (κ2) is 7.14. The molecule has 1 aromatic carbocycles. The summed E-state index contributed by atoms with van der Waals surface area (Å²) >= 11 is 0. The number of carbonyl (C=O) groups is 1. The number of nitrogens with one attached hydrogen (secondary N) is 1. The molecule has 5 heteroatoms. The van der Waals surface area contributed by atoms with Crippen molar-refractivity contribution < 1.29 is 9.53 Å². The van der Waals surface area contributed by atoms with E-state index in [0.717, 1.165) is 19.3 Å². The third kappa shape index (κ3) is 3.01. The van der Waals surface area contributed by atoms with E-state index in [4.69, 9.17) is 10.5 Å². The summed E-state index contributed by atoms with van der Waals surface area (Å²) in [6.07, 6.45) is 3.10. The molecule has 1 amide bonds. The number of nitrogen functional groups attached to an aromatic ring is 1. The largest absolute Gasteiger partial charge is 0.398 e. The second-order valence-corrected chi connectivity index (χ2v) is 5.51. The van der Waals surface area contributed by atoms with Gasteiger partial charge in [-0.15, -0.1) is 12.4 Å². The van der Waals surface area contributed by atoms with E-state index < -0.39 is 0 Å². The zero-order valence-electron chi connectivity index (χ0n) is 12.9. The molecule has 0 bridgehead atoms. The first-order valence-corrected chi connectivity index (χ1v) is 7.27. The number of methoxy groups -OCH3 is 1. The van der Waals surface area contributed by atoms with Crippen LogP contribution in [-0.2, 0) is 4.74 Å². The van der Waals surface area contributed by atoms with Crippen LogP contribution in [0.25, 0.3) is 0 Å². The average molecular weight is 313 g/mol. The maximum atomic E-state index is 12.4. The van der Waals surface area contributed by atoms with Crippen molar-refractivity contribution in [3.05, 3.63) is 29.8 Å². The first kappa shape index (κ1) is 17.8. The van der Waals surface area contributed by atoms with E-state index in [1.165, 1.54) is 0 Å². The van der Waals surface area contributed by atoms with Crippen LogP contribution in [0.4, 0.5) is 5.69 Å². The molecule has 0 saturated heterocycles. The van der Waals surface area contributed by atoms with Crippen LogP contribution in [0.15, 0.2) is 24.3 Å². The van der Waals surface area contributed by atoms with E-state index in [1.54, 1.807) is 19.2 Å². The summed E-state index contributed by atoms with van der Waals surface area (Å²) in [7, 11) is 1.75. The highest BCUT2D eigenvalue weighted by Gasteiger charge is 2.53. The Balaban J connectivity index is 0.00000220. The van der Waals surface area contributed by atoms with E-state index in [-0.39, 0.29) is 35.9 Å². The van der Waals surface area contributed by atoms with Crippen molar-refractivity contribution in [1.82, 2.24) is 5.32 Å². The minimum atomic E-state index is -0.0890. The predicted octanol–water partition coefficient (Wildman–Crippen LogP) is 3.01. The number of anilines is 1. The fourth-order valence-corrected chi connectivity index (χ4v) is 3.42. The minimum absolute atomic E-state index is 0. The van der Waals surface area contributed by atoms with Gasteiger partial charge in [-0.2, -0.15) is 0 Å². The number of halogens is 1. The molecule has 2 rings (SSSR count). The van der Waals surface area contributed by atoms with Gasteiger partial charge in [0.25, 0.3) is 5.91 Å². The number of amides is 1. The van der Waals surface area contributed by atoms with Gasteiger partial charge in [-0.25, -0.2) is 0 Å². The predicted molar refractivity (Wildman–Crippen MR) is 87.8 cm³/mol. The van der Waals surface area contributed by atoms with Gasteiger partial charge in [0, 0.05) is 24.3 Å². The van der Waals surface area contributed by atoms with Crippen molar-refractivity contribution in [3.63, 3.8) is 0 Å². The summed E-state index contributed by atoms with van der Waals surface area (Å²) in [5.74, 6) is -0.0890. The summed E-state index contributed by atoms with van der Waals surface area (Å²) in [4.78, 5) is 12.4. The highest BCUT2D eigenvalue weighted by Crippen LogP contribution is 2.48. The summed E-state index contributed by atoms with van der Waals surface area (Å²) < 4.78 is 5.55. The molecular formula is C16H25ClN2O2. The van der Waals surface area contributed by atoms with Crippen LogP contribution >= 0.6 is 12.4 Å².